The van der Waals surface area contributed by atoms with Crippen molar-refractivity contribution in [2.45, 2.75) is 65.7 Å². The molecule has 2 nitrogen and oxygen atoms in total. The Morgan fingerprint density at radius 1 is 1.06 bits per heavy atom. The smallest absolute Gasteiger partial charge is 0.191 e. The van der Waals surface area contributed by atoms with E-state index < -0.39 is 19.0 Å². The van der Waals surface area contributed by atoms with Gasteiger partial charge < -0.3 is 11.0 Å². The van der Waals surface area contributed by atoms with Crippen LogP contribution >= 0.6 is 7.92 Å². The van der Waals surface area contributed by atoms with Gasteiger partial charge in [0.25, 0.3) is 0 Å². The molecule has 0 aliphatic heterocycles. The molecule has 17 heavy (non-hydrogen) atoms. The third kappa shape index (κ3) is 13.3. The second-order valence-electron chi connectivity index (χ2n) is 6.02. The number of hydrogen-bond donors (Lipinski definition) is 1. The van der Waals surface area contributed by atoms with E-state index in [0.717, 1.165) is 0 Å². The van der Waals surface area contributed by atoms with Gasteiger partial charge in [-0.2, -0.15) is 13.8 Å². The van der Waals surface area contributed by atoms with Crippen molar-refractivity contribution in [3.8, 4) is 0 Å². The third-order valence-electron chi connectivity index (χ3n) is 2.08. The van der Waals surface area contributed by atoms with Gasteiger partial charge in [0.05, 0.1) is 10.3 Å². The van der Waals surface area contributed by atoms with E-state index in [1.165, 1.54) is 0 Å². The van der Waals surface area contributed by atoms with Gasteiger partial charge in [-0.1, -0.05) is 0 Å². The van der Waals surface area contributed by atoms with Crippen molar-refractivity contribution in [3.05, 3.63) is 6.42 Å². The fourth-order valence-corrected chi connectivity index (χ4v) is 8.38. The van der Waals surface area contributed by atoms with Crippen LogP contribution in [0.25, 0.3) is 0 Å². The summed E-state index contributed by atoms with van der Waals surface area (Å²) in [4.78, 5) is 0. The first-order valence-corrected chi connectivity index (χ1v) is 8.63. The van der Waals surface area contributed by atoms with E-state index in [4.69, 9.17) is 4.55 Å². The molecule has 0 aliphatic carbocycles. The molecule has 1 atom stereocenters. The fraction of sp³-hybridized carbons (Fsp3) is 0.917. The molecule has 110 valence electrons. The van der Waals surface area contributed by atoms with Gasteiger partial charge in [-0.25, -0.2) is 4.21 Å². The molecule has 0 amide bonds. The molecule has 0 aromatic carbocycles. The molecule has 0 heterocycles. The van der Waals surface area contributed by atoms with Crippen molar-refractivity contribution < 1.29 is 25.3 Å². The standard InChI is InChI=1S/C9H21O2PS.C3H7.Ni/c1-8(2,3)12(7-13(10)11)9(4,5)6;1-3-2;/h7H2,1-6H3,(H,10,11);3H,1-2H3;/q;-1;/p+1. The van der Waals surface area contributed by atoms with Crippen LogP contribution < -0.4 is 0 Å². The van der Waals surface area contributed by atoms with Crippen LogP contribution in [0.15, 0.2) is 0 Å². The van der Waals surface area contributed by atoms with Crippen LogP contribution in [0.4, 0.5) is 0 Å². The molecule has 0 radical (unpaired) electrons. The zero-order valence-corrected chi connectivity index (χ0v) is 15.2. The first-order valence-electron chi connectivity index (χ1n) is 5.65. The van der Waals surface area contributed by atoms with E-state index in [-0.39, 0.29) is 26.8 Å². The Morgan fingerprint density at radius 3 is 1.35 bits per heavy atom. The molecule has 0 aromatic heterocycles. The largest absolute Gasteiger partial charge is 0.335 e. The van der Waals surface area contributed by atoms with Crippen molar-refractivity contribution in [1.82, 2.24) is 0 Å². The normalized spacial score (nSPS) is 13.5. The Hall–Kier alpha value is 1.03. The van der Waals surface area contributed by atoms with Crippen molar-refractivity contribution in [2.24, 2.45) is 0 Å². The summed E-state index contributed by atoms with van der Waals surface area (Å²) in [5.41, 5.74) is 0.470. The Kier molecular flexibility index (Phi) is 13.5. The Morgan fingerprint density at radius 2 is 1.29 bits per heavy atom. The first-order chi connectivity index (χ1) is 6.96. The summed E-state index contributed by atoms with van der Waals surface area (Å²) in [6, 6.07) is 0. The zero-order valence-electron chi connectivity index (χ0n) is 12.4. The summed E-state index contributed by atoms with van der Waals surface area (Å²) >= 11 is -1.64. The molecule has 0 spiro atoms. The van der Waals surface area contributed by atoms with Gasteiger partial charge in [0.15, 0.2) is 16.6 Å². The molecule has 0 aliphatic rings. The van der Waals surface area contributed by atoms with Gasteiger partial charge in [-0.05, 0) is 41.5 Å². The van der Waals surface area contributed by atoms with E-state index in [1.54, 1.807) is 0 Å². The van der Waals surface area contributed by atoms with Gasteiger partial charge in [-0.3, -0.25) is 0 Å². The molecular weight excluding hydrogens is 298 g/mol. The quantitative estimate of drug-likeness (QED) is 0.357. The van der Waals surface area contributed by atoms with Gasteiger partial charge >= 0.3 is 0 Å². The minimum atomic E-state index is -1.64. The summed E-state index contributed by atoms with van der Waals surface area (Å²) in [5.74, 6) is 0. The molecule has 5 heteroatoms. The number of rotatable bonds is 2. The van der Waals surface area contributed by atoms with Crippen LogP contribution in [0.3, 0.4) is 0 Å². The minimum Gasteiger partial charge on any atom is -0.335 e. The Labute approximate surface area is 122 Å². The maximum Gasteiger partial charge on any atom is 0.191 e. The predicted octanol–water partition coefficient (Wildman–Crippen LogP) is 4.20. The van der Waals surface area contributed by atoms with Gasteiger partial charge in [-0.15, -0.1) is 0 Å². The fourth-order valence-electron chi connectivity index (χ4n) is 1.68. The van der Waals surface area contributed by atoms with E-state index in [2.05, 4.69) is 41.5 Å². The molecule has 0 saturated heterocycles. The second kappa shape index (κ2) is 9.90. The van der Waals surface area contributed by atoms with Gasteiger partial charge in [0, 0.05) is 24.4 Å². The number of hydrogen-bond acceptors (Lipinski definition) is 1. The molecule has 0 saturated carbocycles. The molecule has 0 fully saturated rings. The third-order valence-corrected chi connectivity index (χ3v) is 7.84. The SMILES string of the molecule is CC(C)(C)[PH+](CS(=O)O)C(C)(C)C.C[CH-]C.[Ni]. The van der Waals surface area contributed by atoms with E-state index >= 15 is 0 Å². The van der Waals surface area contributed by atoms with Crippen molar-refractivity contribution in [2.75, 3.05) is 5.49 Å². The van der Waals surface area contributed by atoms with E-state index in [9.17, 15) is 4.21 Å². The summed E-state index contributed by atoms with van der Waals surface area (Å²) in [6.07, 6.45) is 2.00. The van der Waals surface area contributed by atoms with Crippen molar-refractivity contribution in [3.63, 3.8) is 0 Å². The minimum absolute atomic E-state index is 0. The average molecular weight is 327 g/mol. The van der Waals surface area contributed by atoms with Crippen LogP contribution in [0.1, 0.15) is 55.4 Å². The summed E-state index contributed by atoms with van der Waals surface area (Å²) < 4.78 is 19.8. The van der Waals surface area contributed by atoms with Crippen LogP contribution in [0, 0.1) is 6.42 Å². The Balaban J connectivity index is -0.000000440. The zero-order chi connectivity index (χ0) is 13.6. The summed E-state index contributed by atoms with van der Waals surface area (Å²) in [7, 11) is -0.825. The van der Waals surface area contributed by atoms with Gasteiger partial charge in [0.1, 0.15) is 0 Å². The maximum absolute atomic E-state index is 10.8. The Bertz CT molecular complexity index is 196. The first kappa shape index (κ1) is 23.2. The van der Waals surface area contributed by atoms with Crippen LogP contribution in [0.2, 0.25) is 0 Å². The second-order valence-corrected chi connectivity index (χ2v) is 11.8. The van der Waals surface area contributed by atoms with Crippen molar-refractivity contribution in [1.29, 1.82) is 0 Å². The van der Waals surface area contributed by atoms with Gasteiger partial charge in [0.2, 0.25) is 0 Å². The van der Waals surface area contributed by atoms with E-state index in [1.807, 2.05) is 20.3 Å². The molecule has 0 aromatic rings. The maximum atomic E-state index is 10.8. The van der Waals surface area contributed by atoms with Crippen LogP contribution in [-0.2, 0) is 27.6 Å². The van der Waals surface area contributed by atoms with Crippen LogP contribution in [-0.4, -0.2) is 24.6 Å². The molecule has 1 unspecified atom stereocenters. The summed E-state index contributed by atoms with van der Waals surface area (Å²) in [5, 5.41) is 0.364. The average Bonchev–Trinajstić information content (AvgIpc) is 1.97. The van der Waals surface area contributed by atoms with Crippen molar-refractivity contribution >= 4 is 19.0 Å². The topological polar surface area (TPSA) is 37.3 Å². The van der Waals surface area contributed by atoms with Crippen LogP contribution in [0.5, 0.6) is 0 Å². The monoisotopic (exact) mass is 326 g/mol. The molecule has 0 bridgehead atoms. The molecule has 0 rings (SSSR count). The molecule has 1 N–H and O–H groups in total. The molecular formula is C12H29NiO2PS. The summed E-state index contributed by atoms with van der Waals surface area (Å²) in [6.45, 7) is 17.0. The van der Waals surface area contributed by atoms with E-state index in [0.29, 0.717) is 5.49 Å². The predicted molar refractivity (Wildman–Crippen MR) is 79.1 cm³/mol.